The standard InChI is InChI=1S/C27H26N2O7/c1-29(2)21-16-11-13-10-15-14(12-6-4-3-5-7-12)8-9-17(30)19(15)22(31)18(13)24(33)27(16,36)25(34)20(23(21)32)26(28)35/h3-9,13,16,21,30,32-33,36H,10-11H2,1-2H3,(H2,28,35). The molecule has 4 unspecified atom stereocenters. The van der Waals surface area contributed by atoms with E-state index < -0.39 is 58.0 Å². The monoisotopic (exact) mass is 490 g/mol. The highest BCUT2D eigenvalue weighted by Crippen LogP contribution is 2.53. The Hall–Kier alpha value is -3.95. The van der Waals surface area contributed by atoms with E-state index in [0.29, 0.717) is 5.56 Å². The molecule has 36 heavy (non-hydrogen) atoms. The summed E-state index contributed by atoms with van der Waals surface area (Å²) in [4.78, 5) is 40.6. The van der Waals surface area contributed by atoms with Crippen LogP contribution in [-0.4, -0.2) is 68.5 Å². The molecule has 0 fully saturated rings. The number of aliphatic hydroxyl groups excluding tert-OH is 2. The van der Waals surface area contributed by atoms with Gasteiger partial charge in [-0.1, -0.05) is 36.4 Å². The van der Waals surface area contributed by atoms with Crippen molar-refractivity contribution in [1.82, 2.24) is 4.90 Å². The van der Waals surface area contributed by atoms with E-state index in [-0.39, 0.29) is 29.7 Å². The highest BCUT2D eigenvalue weighted by atomic mass is 16.3. The van der Waals surface area contributed by atoms with E-state index in [0.717, 1.165) is 11.1 Å². The fraction of sp³-hybridized carbons (Fsp3) is 0.296. The fourth-order valence-corrected chi connectivity index (χ4v) is 6.14. The number of phenols is 1. The molecule has 0 saturated heterocycles. The number of carbonyl (C=O) groups is 3. The maximum atomic E-state index is 13.7. The number of phenolic OH excluding ortho intramolecular Hbond substituents is 1. The van der Waals surface area contributed by atoms with Crippen LogP contribution in [-0.2, 0) is 16.0 Å². The van der Waals surface area contributed by atoms with Crippen molar-refractivity contribution in [3.8, 4) is 16.9 Å². The molecule has 2 aromatic rings. The summed E-state index contributed by atoms with van der Waals surface area (Å²) in [7, 11) is 3.19. The zero-order chi connectivity index (χ0) is 26.1. The summed E-state index contributed by atoms with van der Waals surface area (Å²) >= 11 is 0. The van der Waals surface area contributed by atoms with Crippen molar-refractivity contribution < 1.29 is 34.8 Å². The molecule has 0 saturated carbocycles. The average molecular weight is 491 g/mol. The van der Waals surface area contributed by atoms with Crippen LogP contribution >= 0.6 is 0 Å². The Morgan fingerprint density at radius 1 is 1.06 bits per heavy atom. The molecule has 0 bridgehead atoms. The second-order valence-electron chi connectivity index (χ2n) is 9.81. The number of fused-ring (bicyclic) bond motifs is 3. The van der Waals surface area contributed by atoms with Gasteiger partial charge in [-0.05, 0) is 55.6 Å². The van der Waals surface area contributed by atoms with E-state index in [1.807, 2.05) is 30.3 Å². The lowest BCUT2D eigenvalue weighted by Crippen LogP contribution is -2.63. The Kier molecular flexibility index (Phi) is 5.31. The highest BCUT2D eigenvalue weighted by molar-refractivity contribution is 6.24. The van der Waals surface area contributed by atoms with Crippen LogP contribution in [0.1, 0.15) is 22.3 Å². The van der Waals surface area contributed by atoms with Gasteiger partial charge in [0, 0.05) is 11.5 Å². The highest BCUT2D eigenvalue weighted by Gasteiger charge is 2.63. The van der Waals surface area contributed by atoms with Crippen LogP contribution in [0.2, 0.25) is 0 Å². The number of carbonyl (C=O) groups excluding carboxylic acids is 3. The fourth-order valence-electron chi connectivity index (χ4n) is 6.14. The van der Waals surface area contributed by atoms with Gasteiger partial charge < -0.3 is 26.2 Å². The van der Waals surface area contributed by atoms with Crippen LogP contribution in [0.5, 0.6) is 5.75 Å². The van der Waals surface area contributed by atoms with Crippen molar-refractivity contribution in [3.05, 3.63) is 76.3 Å². The molecule has 4 atom stereocenters. The Balaban J connectivity index is 1.73. The van der Waals surface area contributed by atoms with Gasteiger partial charge in [0.15, 0.2) is 11.4 Å². The number of primary amides is 1. The smallest absolute Gasteiger partial charge is 0.255 e. The molecule has 0 aromatic heterocycles. The molecule has 2 aromatic carbocycles. The van der Waals surface area contributed by atoms with Gasteiger partial charge in [0.05, 0.1) is 11.6 Å². The third-order valence-corrected chi connectivity index (χ3v) is 7.69. The third-order valence-electron chi connectivity index (χ3n) is 7.69. The molecule has 0 spiro atoms. The van der Waals surface area contributed by atoms with E-state index in [1.165, 1.54) is 11.0 Å². The lowest BCUT2D eigenvalue weighted by molar-refractivity contribution is -0.148. The normalized spacial score (nSPS) is 27.6. The number of nitrogens with zero attached hydrogens (tertiary/aromatic N) is 1. The van der Waals surface area contributed by atoms with E-state index in [9.17, 15) is 34.8 Å². The Bertz CT molecular complexity index is 1390. The van der Waals surface area contributed by atoms with Crippen molar-refractivity contribution in [2.45, 2.75) is 24.5 Å². The zero-order valence-corrected chi connectivity index (χ0v) is 19.7. The number of benzene rings is 2. The molecule has 6 N–H and O–H groups in total. The van der Waals surface area contributed by atoms with Crippen molar-refractivity contribution in [3.63, 3.8) is 0 Å². The molecule has 9 nitrogen and oxygen atoms in total. The molecule has 5 rings (SSSR count). The molecule has 3 aliphatic carbocycles. The quantitative estimate of drug-likeness (QED) is 0.407. The van der Waals surface area contributed by atoms with Crippen molar-refractivity contribution in [1.29, 1.82) is 0 Å². The maximum absolute atomic E-state index is 13.7. The topological polar surface area (TPSA) is 161 Å². The van der Waals surface area contributed by atoms with Gasteiger partial charge in [0.25, 0.3) is 5.91 Å². The van der Waals surface area contributed by atoms with Crippen LogP contribution < -0.4 is 5.73 Å². The minimum absolute atomic E-state index is 0.00265. The van der Waals surface area contributed by atoms with Crippen molar-refractivity contribution >= 4 is 17.5 Å². The van der Waals surface area contributed by atoms with Gasteiger partial charge in [-0.25, -0.2) is 0 Å². The first-order valence-electron chi connectivity index (χ1n) is 11.5. The minimum Gasteiger partial charge on any atom is -0.510 e. The predicted octanol–water partition coefficient (Wildman–Crippen LogP) is 1.79. The lowest BCUT2D eigenvalue weighted by atomic mass is 9.58. The first-order valence-corrected chi connectivity index (χ1v) is 11.5. The van der Waals surface area contributed by atoms with Gasteiger partial charge in [-0.2, -0.15) is 0 Å². The molecule has 9 heteroatoms. The van der Waals surface area contributed by atoms with Crippen LogP contribution in [0.3, 0.4) is 0 Å². The van der Waals surface area contributed by atoms with Crippen LogP contribution in [0.25, 0.3) is 11.1 Å². The van der Waals surface area contributed by atoms with Gasteiger partial charge in [-0.15, -0.1) is 0 Å². The SMILES string of the molecule is CN(C)C1C(O)=C(C(N)=O)C(=O)C2(O)C(O)=C3C(=O)c4c(O)ccc(-c5ccccc5)c4CC3CC12. The first kappa shape index (κ1) is 23.8. The molecule has 1 amide bonds. The Morgan fingerprint density at radius 3 is 2.33 bits per heavy atom. The van der Waals surface area contributed by atoms with Gasteiger partial charge >= 0.3 is 0 Å². The van der Waals surface area contributed by atoms with E-state index in [4.69, 9.17) is 5.73 Å². The van der Waals surface area contributed by atoms with Gasteiger partial charge in [0.1, 0.15) is 22.8 Å². The number of hydrogen-bond acceptors (Lipinski definition) is 8. The summed E-state index contributed by atoms with van der Waals surface area (Å²) < 4.78 is 0. The Morgan fingerprint density at radius 2 is 1.72 bits per heavy atom. The second-order valence-corrected chi connectivity index (χ2v) is 9.81. The van der Waals surface area contributed by atoms with E-state index in [1.54, 1.807) is 20.2 Å². The Labute approximate surface area is 206 Å². The van der Waals surface area contributed by atoms with E-state index >= 15 is 0 Å². The summed E-state index contributed by atoms with van der Waals surface area (Å²) in [6.07, 6.45) is 0.294. The zero-order valence-electron chi connectivity index (χ0n) is 19.7. The average Bonchev–Trinajstić information content (AvgIpc) is 2.81. The molecular weight excluding hydrogens is 464 g/mol. The second kappa shape index (κ2) is 8.04. The number of nitrogens with two attached hydrogens (primary N) is 1. The predicted molar refractivity (Wildman–Crippen MR) is 129 cm³/mol. The number of hydrogen-bond donors (Lipinski definition) is 5. The van der Waals surface area contributed by atoms with Crippen molar-refractivity contribution in [2.24, 2.45) is 17.6 Å². The molecular formula is C27H26N2O7. The van der Waals surface area contributed by atoms with Gasteiger partial charge in [0.2, 0.25) is 5.78 Å². The number of allylic oxidation sites excluding steroid dienone is 1. The van der Waals surface area contributed by atoms with Crippen LogP contribution in [0.15, 0.2) is 65.1 Å². The number of ketones is 2. The summed E-state index contributed by atoms with van der Waals surface area (Å²) in [6, 6.07) is 11.5. The largest absolute Gasteiger partial charge is 0.510 e. The first-order chi connectivity index (χ1) is 17.0. The summed E-state index contributed by atoms with van der Waals surface area (Å²) in [5, 5.41) is 44.4. The molecule has 3 aliphatic rings. The summed E-state index contributed by atoms with van der Waals surface area (Å²) in [6.45, 7) is 0. The number of rotatable bonds is 3. The van der Waals surface area contributed by atoms with Crippen LogP contribution in [0, 0.1) is 11.8 Å². The lowest BCUT2D eigenvalue weighted by Gasteiger charge is -2.50. The molecule has 0 heterocycles. The molecule has 186 valence electrons. The summed E-state index contributed by atoms with van der Waals surface area (Å²) in [5.74, 6) is -6.60. The van der Waals surface area contributed by atoms with E-state index in [2.05, 4.69) is 0 Å². The number of likely N-dealkylation sites (N-methyl/N-ethyl adjacent to an activating group) is 1. The number of aliphatic hydroxyl groups is 3. The third kappa shape index (κ3) is 3.06. The minimum atomic E-state index is -2.64. The number of Topliss-reactive ketones (excluding diaryl/α,β-unsaturated/α-hetero) is 2. The van der Waals surface area contributed by atoms with Crippen LogP contribution in [0.4, 0.5) is 0 Å². The number of aromatic hydroxyl groups is 1. The summed E-state index contributed by atoms with van der Waals surface area (Å²) in [5.41, 5.74) is 3.90. The van der Waals surface area contributed by atoms with Gasteiger partial charge in [-0.3, -0.25) is 19.3 Å². The maximum Gasteiger partial charge on any atom is 0.255 e. The molecule has 0 radical (unpaired) electrons. The number of amides is 1. The molecule has 0 aliphatic heterocycles. The van der Waals surface area contributed by atoms with Crippen molar-refractivity contribution in [2.75, 3.05) is 14.1 Å².